The minimum Gasteiger partial charge on any atom is -0.481 e. The summed E-state index contributed by atoms with van der Waals surface area (Å²) in [7, 11) is 0. The van der Waals surface area contributed by atoms with Gasteiger partial charge < -0.3 is 10.8 Å². The Morgan fingerprint density at radius 1 is 1.28 bits per heavy atom. The predicted octanol–water partition coefficient (Wildman–Crippen LogP) is 0.145. The Kier molecular flexibility index (Phi) is 6.96. The first-order chi connectivity index (χ1) is 8.25. The molecule has 0 aromatic heterocycles. The van der Waals surface area contributed by atoms with Crippen LogP contribution in [0.15, 0.2) is 0 Å². The van der Waals surface area contributed by atoms with E-state index in [1.54, 1.807) is 6.92 Å². The molecule has 0 aliphatic rings. The van der Waals surface area contributed by atoms with Gasteiger partial charge >= 0.3 is 12.0 Å². The van der Waals surface area contributed by atoms with Crippen molar-refractivity contribution >= 4 is 17.9 Å². The number of carboxylic acid groups (broad SMARTS) is 1. The van der Waals surface area contributed by atoms with E-state index in [2.05, 4.69) is 0 Å². The average Bonchev–Trinajstić information content (AvgIpc) is 2.21. The molecule has 1 unspecified atom stereocenters. The maximum Gasteiger partial charge on any atom is 0.318 e. The van der Waals surface area contributed by atoms with Gasteiger partial charge in [-0.2, -0.15) is 0 Å². The van der Waals surface area contributed by atoms with Gasteiger partial charge in [0, 0.05) is 12.5 Å². The summed E-state index contributed by atoms with van der Waals surface area (Å²) in [6.45, 7) is 5.92. The molecule has 0 fully saturated rings. The van der Waals surface area contributed by atoms with Gasteiger partial charge in [-0.3, -0.25) is 19.8 Å². The van der Waals surface area contributed by atoms with Crippen LogP contribution >= 0.6 is 0 Å². The van der Waals surface area contributed by atoms with Crippen LogP contribution in [0.25, 0.3) is 0 Å². The van der Waals surface area contributed by atoms with Crippen molar-refractivity contribution in [2.75, 3.05) is 6.54 Å². The van der Waals surface area contributed by atoms with Crippen molar-refractivity contribution in [2.45, 2.75) is 45.7 Å². The van der Waals surface area contributed by atoms with Gasteiger partial charge in [-0.05, 0) is 33.7 Å². The molecule has 3 amide bonds. The molecule has 0 spiro atoms. The predicted molar refractivity (Wildman–Crippen MR) is 65.9 cm³/mol. The number of carboxylic acids is 1. The number of nitrogens with zero attached hydrogens (tertiary/aromatic N) is 1. The van der Waals surface area contributed by atoms with Gasteiger partial charge in [-0.1, -0.05) is 0 Å². The fourth-order valence-corrected chi connectivity index (χ4v) is 1.69. The summed E-state index contributed by atoms with van der Waals surface area (Å²) in [4.78, 5) is 34.5. The van der Waals surface area contributed by atoms with E-state index < -0.39 is 23.9 Å². The van der Waals surface area contributed by atoms with Crippen LogP contribution < -0.4 is 11.1 Å². The van der Waals surface area contributed by atoms with Gasteiger partial charge in [0.2, 0.25) is 5.91 Å². The van der Waals surface area contributed by atoms with Crippen LogP contribution in [0.4, 0.5) is 4.79 Å². The molecule has 0 aliphatic heterocycles. The summed E-state index contributed by atoms with van der Waals surface area (Å²) < 4.78 is 0. The van der Waals surface area contributed by atoms with E-state index in [9.17, 15) is 14.4 Å². The number of carbonyl (C=O) groups excluding carboxylic acids is 2. The molecule has 0 aliphatic carbocycles. The quantitative estimate of drug-likeness (QED) is 0.602. The summed E-state index contributed by atoms with van der Waals surface area (Å²) in [6.07, 6.45) is 0.495. The fraction of sp³-hybridized carbons (Fsp3) is 0.727. The maximum atomic E-state index is 11.6. The molecular weight excluding hydrogens is 238 g/mol. The highest BCUT2D eigenvalue weighted by atomic mass is 16.4. The van der Waals surface area contributed by atoms with Crippen LogP contribution in [0.3, 0.4) is 0 Å². The van der Waals surface area contributed by atoms with Crippen LogP contribution in [0.5, 0.6) is 0 Å². The summed E-state index contributed by atoms with van der Waals surface area (Å²) in [5.41, 5.74) is 4.88. The summed E-state index contributed by atoms with van der Waals surface area (Å²) in [6, 6.07) is -1.36. The average molecular weight is 259 g/mol. The summed E-state index contributed by atoms with van der Waals surface area (Å²) >= 11 is 0. The van der Waals surface area contributed by atoms with E-state index >= 15 is 0 Å². The van der Waals surface area contributed by atoms with Crippen molar-refractivity contribution in [1.29, 1.82) is 0 Å². The number of aliphatic carboxylic acids is 1. The van der Waals surface area contributed by atoms with Crippen molar-refractivity contribution in [3.05, 3.63) is 0 Å². The van der Waals surface area contributed by atoms with Gasteiger partial charge in [-0.15, -0.1) is 0 Å². The lowest BCUT2D eigenvalue weighted by molar-refractivity contribution is -0.137. The maximum absolute atomic E-state index is 11.6. The standard InChI is InChI=1S/C11H21N3O4/c1-7(2)14(6-4-5-9(15)16)8(3)10(17)13-11(12)18/h7-8H,4-6H2,1-3H3,(H,15,16)(H3,12,13,17,18). The number of amides is 3. The second-order valence-electron chi connectivity index (χ2n) is 4.36. The van der Waals surface area contributed by atoms with Gasteiger partial charge in [0.25, 0.3) is 0 Å². The van der Waals surface area contributed by atoms with Crippen LogP contribution in [0.1, 0.15) is 33.6 Å². The Balaban J connectivity index is 4.44. The van der Waals surface area contributed by atoms with E-state index in [1.807, 2.05) is 24.1 Å². The Morgan fingerprint density at radius 3 is 2.22 bits per heavy atom. The lowest BCUT2D eigenvalue weighted by Gasteiger charge is -2.31. The van der Waals surface area contributed by atoms with Crippen molar-refractivity contribution in [2.24, 2.45) is 5.73 Å². The summed E-state index contributed by atoms with van der Waals surface area (Å²) in [5.74, 6) is -1.35. The van der Waals surface area contributed by atoms with E-state index in [0.29, 0.717) is 13.0 Å². The molecule has 0 heterocycles. The Morgan fingerprint density at radius 2 is 1.83 bits per heavy atom. The number of urea groups is 1. The zero-order valence-electron chi connectivity index (χ0n) is 11.0. The number of nitrogens with two attached hydrogens (primary N) is 1. The Labute approximate surface area is 106 Å². The zero-order chi connectivity index (χ0) is 14.3. The highest BCUT2D eigenvalue weighted by Gasteiger charge is 2.24. The third-order valence-corrected chi connectivity index (χ3v) is 2.59. The molecule has 0 rings (SSSR count). The van der Waals surface area contributed by atoms with Crippen molar-refractivity contribution < 1.29 is 19.5 Å². The molecule has 1 atom stereocenters. The largest absolute Gasteiger partial charge is 0.481 e. The van der Waals surface area contributed by atoms with E-state index in [4.69, 9.17) is 10.8 Å². The fourth-order valence-electron chi connectivity index (χ4n) is 1.69. The number of hydrogen-bond acceptors (Lipinski definition) is 4. The van der Waals surface area contributed by atoms with E-state index in [-0.39, 0.29) is 12.5 Å². The van der Waals surface area contributed by atoms with Crippen molar-refractivity contribution in [3.8, 4) is 0 Å². The molecule has 7 heteroatoms. The lowest BCUT2D eigenvalue weighted by Crippen LogP contribution is -2.50. The van der Waals surface area contributed by atoms with Gasteiger partial charge in [-0.25, -0.2) is 4.79 Å². The minimum atomic E-state index is -0.888. The van der Waals surface area contributed by atoms with Crippen molar-refractivity contribution in [1.82, 2.24) is 10.2 Å². The summed E-state index contributed by atoms with van der Waals surface area (Å²) in [5, 5.41) is 10.6. The molecule has 0 radical (unpaired) electrons. The Bertz CT molecular complexity index is 317. The molecular formula is C11H21N3O4. The van der Waals surface area contributed by atoms with Gasteiger partial charge in [0.15, 0.2) is 0 Å². The first-order valence-electron chi connectivity index (χ1n) is 5.83. The molecule has 0 bridgehead atoms. The molecule has 104 valence electrons. The van der Waals surface area contributed by atoms with Gasteiger partial charge in [0.05, 0.1) is 6.04 Å². The number of hydrogen-bond donors (Lipinski definition) is 3. The number of primary amides is 1. The second kappa shape index (κ2) is 7.65. The van der Waals surface area contributed by atoms with Gasteiger partial charge in [0.1, 0.15) is 0 Å². The second-order valence-corrected chi connectivity index (χ2v) is 4.36. The van der Waals surface area contributed by atoms with E-state index in [0.717, 1.165) is 0 Å². The normalized spacial score (nSPS) is 12.5. The van der Waals surface area contributed by atoms with E-state index in [1.165, 1.54) is 0 Å². The van der Waals surface area contributed by atoms with Crippen molar-refractivity contribution in [3.63, 3.8) is 0 Å². The van der Waals surface area contributed by atoms with Crippen LogP contribution in [-0.2, 0) is 9.59 Å². The Hall–Kier alpha value is -1.63. The molecule has 18 heavy (non-hydrogen) atoms. The van der Waals surface area contributed by atoms with Crippen LogP contribution in [0.2, 0.25) is 0 Å². The third-order valence-electron chi connectivity index (χ3n) is 2.59. The SMILES string of the molecule is CC(C)N(CCCC(=O)O)C(C)C(=O)NC(N)=O. The van der Waals surface area contributed by atoms with Crippen LogP contribution in [-0.4, -0.2) is 46.5 Å². The monoisotopic (exact) mass is 259 g/mol. The number of carbonyl (C=O) groups is 3. The highest BCUT2D eigenvalue weighted by molar-refractivity contribution is 5.96. The first-order valence-corrected chi connectivity index (χ1v) is 5.83. The topological polar surface area (TPSA) is 113 Å². The smallest absolute Gasteiger partial charge is 0.318 e. The zero-order valence-corrected chi connectivity index (χ0v) is 11.0. The molecule has 0 saturated carbocycles. The number of rotatable bonds is 7. The molecule has 7 nitrogen and oxygen atoms in total. The number of nitrogens with one attached hydrogen (secondary N) is 1. The molecule has 0 aromatic carbocycles. The highest BCUT2D eigenvalue weighted by Crippen LogP contribution is 2.08. The minimum absolute atomic E-state index is 0.0490. The number of imide groups is 1. The first kappa shape index (κ1) is 16.4. The molecule has 0 saturated heterocycles. The lowest BCUT2D eigenvalue weighted by atomic mass is 10.1. The molecule has 0 aromatic rings. The molecule has 4 N–H and O–H groups in total. The van der Waals surface area contributed by atoms with Crippen LogP contribution in [0, 0.1) is 0 Å². The third kappa shape index (κ3) is 6.19.